The van der Waals surface area contributed by atoms with Crippen molar-refractivity contribution in [1.29, 1.82) is 0 Å². The molecule has 0 saturated carbocycles. The quantitative estimate of drug-likeness (QED) is 0.856. The number of ether oxygens (including phenoxy) is 1. The number of hydrogen-bond donors (Lipinski definition) is 2. The van der Waals surface area contributed by atoms with Gasteiger partial charge in [-0.2, -0.15) is 0 Å². The molecule has 0 fully saturated rings. The number of aliphatic carboxylic acids is 1. The predicted molar refractivity (Wildman–Crippen MR) is 63.2 cm³/mol. The van der Waals surface area contributed by atoms with Gasteiger partial charge in [0.2, 0.25) is 0 Å². The zero-order valence-corrected chi connectivity index (χ0v) is 10.6. The van der Waals surface area contributed by atoms with Crippen molar-refractivity contribution < 1.29 is 23.8 Å². The lowest BCUT2D eigenvalue weighted by molar-refractivity contribution is -0.139. The molecule has 1 amide bonds. The third-order valence-corrected chi connectivity index (χ3v) is 2.01. The Labute approximate surface area is 105 Å². The van der Waals surface area contributed by atoms with Gasteiger partial charge in [0.15, 0.2) is 0 Å². The molecule has 100 valence electrons. The largest absolute Gasteiger partial charge is 0.480 e. The van der Waals surface area contributed by atoms with Gasteiger partial charge in [-0.1, -0.05) is 0 Å². The van der Waals surface area contributed by atoms with E-state index in [0.717, 1.165) is 0 Å². The van der Waals surface area contributed by atoms with Crippen molar-refractivity contribution in [1.82, 2.24) is 5.32 Å². The van der Waals surface area contributed by atoms with Crippen molar-refractivity contribution in [3.63, 3.8) is 0 Å². The summed E-state index contributed by atoms with van der Waals surface area (Å²) in [7, 11) is 0. The molecule has 2 N–H and O–H groups in total. The van der Waals surface area contributed by atoms with E-state index < -0.39 is 23.7 Å². The Morgan fingerprint density at radius 2 is 2.17 bits per heavy atom. The monoisotopic (exact) mass is 255 g/mol. The molecule has 0 bridgehead atoms. The fourth-order valence-electron chi connectivity index (χ4n) is 1.29. The van der Waals surface area contributed by atoms with Crippen molar-refractivity contribution in [3.8, 4) is 0 Å². The molecule has 0 aliphatic rings. The second-order valence-corrected chi connectivity index (χ2v) is 4.87. The first-order valence-corrected chi connectivity index (χ1v) is 5.51. The lowest BCUT2D eigenvalue weighted by Gasteiger charge is -2.21. The number of alkyl carbamates (subject to hydrolysis) is 1. The first-order chi connectivity index (χ1) is 8.28. The molecular weight excluding hydrogens is 238 g/mol. The summed E-state index contributed by atoms with van der Waals surface area (Å²) in [6.45, 7) is 5.12. The summed E-state index contributed by atoms with van der Waals surface area (Å²) in [5.41, 5.74) is 0.0291. The summed E-state index contributed by atoms with van der Waals surface area (Å²) in [6, 6.07) is 0.602. The number of carboxylic acid groups (broad SMARTS) is 1. The second kappa shape index (κ2) is 5.57. The maximum absolute atomic E-state index is 11.5. The number of carbonyl (C=O) groups is 2. The smallest absolute Gasteiger partial charge is 0.408 e. The van der Waals surface area contributed by atoms with E-state index in [9.17, 15) is 9.59 Å². The molecule has 0 radical (unpaired) electrons. The molecule has 0 saturated heterocycles. The number of rotatable bonds is 4. The van der Waals surface area contributed by atoms with Crippen molar-refractivity contribution >= 4 is 12.1 Å². The van der Waals surface area contributed by atoms with Gasteiger partial charge in [-0.3, -0.25) is 0 Å². The summed E-state index contributed by atoms with van der Waals surface area (Å²) in [5.74, 6) is -1.12. The molecular formula is C12H17NO5. The van der Waals surface area contributed by atoms with Gasteiger partial charge in [0.05, 0.1) is 12.5 Å². The van der Waals surface area contributed by atoms with E-state index >= 15 is 0 Å². The van der Waals surface area contributed by atoms with Gasteiger partial charge in [-0.15, -0.1) is 0 Å². The first kappa shape index (κ1) is 14.1. The highest BCUT2D eigenvalue weighted by Gasteiger charge is 2.24. The fraction of sp³-hybridized carbons (Fsp3) is 0.500. The highest BCUT2D eigenvalue weighted by molar-refractivity contribution is 5.80. The second-order valence-electron chi connectivity index (χ2n) is 4.87. The Morgan fingerprint density at radius 3 is 2.61 bits per heavy atom. The molecule has 6 nitrogen and oxygen atoms in total. The molecule has 0 aliphatic carbocycles. The van der Waals surface area contributed by atoms with Crippen molar-refractivity contribution in [2.75, 3.05) is 0 Å². The van der Waals surface area contributed by atoms with E-state index in [2.05, 4.69) is 5.32 Å². The van der Waals surface area contributed by atoms with Crippen LogP contribution in [-0.2, 0) is 16.0 Å². The number of amides is 1. The van der Waals surface area contributed by atoms with E-state index in [1.807, 2.05) is 0 Å². The Bertz CT molecular complexity index is 405. The topological polar surface area (TPSA) is 88.8 Å². The lowest BCUT2D eigenvalue weighted by Crippen LogP contribution is -2.44. The molecule has 18 heavy (non-hydrogen) atoms. The van der Waals surface area contributed by atoms with E-state index in [-0.39, 0.29) is 6.42 Å². The highest BCUT2D eigenvalue weighted by Crippen LogP contribution is 2.08. The number of hydrogen-bond acceptors (Lipinski definition) is 4. The lowest BCUT2D eigenvalue weighted by atomic mass is 10.1. The van der Waals surface area contributed by atoms with Crippen LogP contribution in [-0.4, -0.2) is 28.8 Å². The zero-order valence-electron chi connectivity index (χ0n) is 10.6. The highest BCUT2D eigenvalue weighted by atomic mass is 16.6. The number of furan rings is 1. The minimum atomic E-state index is -1.12. The number of carboxylic acids is 1. The average molecular weight is 255 g/mol. The van der Waals surface area contributed by atoms with Crippen molar-refractivity contribution in [3.05, 3.63) is 24.2 Å². The maximum atomic E-state index is 11.5. The van der Waals surface area contributed by atoms with Crippen LogP contribution in [0.2, 0.25) is 0 Å². The van der Waals surface area contributed by atoms with Gasteiger partial charge in [-0.25, -0.2) is 9.59 Å². The van der Waals surface area contributed by atoms with Crippen LogP contribution in [0.15, 0.2) is 23.0 Å². The third-order valence-electron chi connectivity index (χ3n) is 2.01. The van der Waals surface area contributed by atoms with Gasteiger partial charge in [0, 0.05) is 6.42 Å². The Kier molecular flexibility index (Phi) is 4.36. The van der Waals surface area contributed by atoms with Gasteiger partial charge < -0.3 is 19.6 Å². The molecule has 0 aliphatic heterocycles. The zero-order chi connectivity index (χ0) is 13.8. The maximum Gasteiger partial charge on any atom is 0.408 e. The van der Waals surface area contributed by atoms with Crippen LogP contribution in [0.3, 0.4) is 0 Å². The van der Waals surface area contributed by atoms with E-state index in [1.165, 1.54) is 12.5 Å². The van der Waals surface area contributed by atoms with Crippen LogP contribution in [0.5, 0.6) is 0 Å². The summed E-state index contributed by atoms with van der Waals surface area (Å²) >= 11 is 0. The fourth-order valence-corrected chi connectivity index (χ4v) is 1.29. The van der Waals surface area contributed by atoms with Crippen LogP contribution in [0, 0.1) is 0 Å². The van der Waals surface area contributed by atoms with Crippen molar-refractivity contribution in [2.24, 2.45) is 0 Å². The summed E-state index contributed by atoms with van der Waals surface area (Å²) in [5, 5.41) is 11.3. The normalized spacial score (nSPS) is 12.8. The summed E-state index contributed by atoms with van der Waals surface area (Å²) < 4.78 is 9.84. The molecule has 1 aromatic heterocycles. The Balaban J connectivity index is 2.58. The molecule has 1 rings (SSSR count). The first-order valence-electron chi connectivity index (χ1n) is 5.51. The molecule has 1 heterocycles. The summed E-state index contributed by atoms with van der Waals surface area (Å²) in [4.78, 5) is 22.5. The number of nitrogens with one attached hydrogen (secondary N) is 1. The van der Waals surface area contributed by atoms with E-state index in [4.69, 9.17) is 14.3 Å². The van der Waals surface area contributed by atoms with Crippen LogP contribution in [0.25, 0.3) is 0 Å². The molecule has 1 atom stereocenters. The minimum Gasteiger partial charge on any atom is -0.480 e. The third kappa shape index (κ3) is 4.90. The van der Waals surface area contributed by atoms with Crippen LogP contribution in [0.1, 0.15) is 26.3 Å². The van der Waals surface area contributed by atoms with E-state index in [0.29, 0.717) is 5.56 Å². The minimum absolute atomic E-state index is 0.144. The average Bonchev–Trinajstić information content (AvgIpc) is 2.66. The molecule has 1 aromatic rings. The SMILES string of the molecule is CC(C)(C)OC(=O)NC(Cc1ccoc1)C(=O)O. The standard InChI is InChI=1S/C12H17NO5/c1-12(2,3)18-11(16)13-9(10(14)15)6-8-4-5-17-7-8/h4-5,7,9H,6H2,1-3H3,(H,13,16)(H,14,15). The molecule has 6 heteroatoms. The van der Waals surface area contributed by atoms with Gasteiger partial charge in [-0.05, 0) is 32.4 Å². The van der Waals surface area contributed by atoms with Crippen molar-refractivity contribution in [2.45, 2.75) is 38.8 Å². The van der Waals surface area contributed by atoms with Crippen LogP contribution >= 0.6 is 0 Å². The number of carbonyl (C=O) groups excluding carboxylic acids is 1. The van der Waals surface area contributed by atoms with Gasteiger partial charge in [0.25, 0.3) is 0 Å². The molecule has 0 spiro atoms. The van der Waals surface area contributed by atoms with E-state index in [1.54, 1.807) is 26.8 Å². The Morgan fingerprint density at radius 1 is 1.50 bits per heavy atom. The predicted octanol–water partition coefficient (Wildman–Crippen LogP) is 1.80. The molecule has 1 unspecified atom stereocenters. The van der Waals surface area contributed by atoms with Crippen LogP contribution < -0.4 is 5.32 Å². The molecule has 0 aromatic carbocycles. The Hall–Kier alpha value is -1.98. The van der Waals surface area contributed by atoms with Crippen LogP contribution in [0.4, 0.5) is 4.79 Å². The summed E-state index contributed by atoms with van der Waals surface area (Å²) in [6.07, 6.45) is 2.28. The van der Waals surface area contributed by atoms with Gasteiger partial charge >= 0.3 is 12.1 Å². The van der Waals surface area contributed by atoms with Gasteiger partial charge in [0.1, 0.15) is 11.6 Å².